The zero-order valence-corrected chi connectivity index (χ0v) is 12.9. The van der Waals surface area contributed by atoms with E-state index in [1.807, 2.05) is 0 Å². The molecule has 0 unspecified atom stereocenters. The highest BCUT2D eigenvalue weighted by Crippen LogP contribution is 2.23. The molecule has 0 aliphatic carbocycles. The lowest BCUT2D eigenvalue weighted by molar-refractivity contribution is -0.143. The number of hydrogen-bond donors (Lipinski definition) is 1. The van der Waals surface area contributed by atoms with Crippen LogP contribution in [0.3, 0.4) is 0 Å². The lowest BCUT2D eigenvalue weighted by Crippen LogP contribution is -2.06. The predicted molar refractivity (Wildman–Crippen MR) is 77.6 cm³/mol. The summed E-state index contributed by atoms with van der Waals surface area (Å²) in [5.41, 5.74) is 0.149. The van der Waals surface area contributed by atoms with Gasteiger partial charge < -0.3 is 10.1 Å². The van der Waals surface area contributed by atoms with Gasteiger partial charge in [-0.2, -0.15) is 0 Å². The SMILES string of the molecule is CCOC(=O)CCCCCNc1cc(F)c(Br)cc1F. The number of ether oxygens (including phenoxy) is 1. The van der Waals surface area contributed by atoms with Crippen LogP contribution in [-0.2, 0) is 9.53 Å². The van der Waals surface area contributed by atoms with Gasteiger partial charge in [0.1, 0.15) is 11.6 Å². The molecule has 20 heavy (non-hydrogen) atoms. The molecule has 0 spiro atoms. The molecule has 0 aromatic heterocycles. The normalized spacial score (nSPS) is 10.4. The average molecular weight is 350 g/mol. The minimum atomic E-state index is -0.504. The van der Waals surface area contributed by atoms with Crippen molar-refractivity contribution < 1.29 is 18.3 Å². The molecule has 0 heterocycles. The molecule has 0 aliphatic rings. The summed E-state index contributed by atoms with van der Waals surface area (Å²) in [4.78, 5) is 11.1. The van der Waals surface area contributed by atoms with Crippen molar-refractivity contribution in [3.63, 3.8) is 0 Å². The number of anilines is 1. The van der Waals surface area contributed by atoms with Crippen molar-refractivity contribution in [2.75, 3.05) is 18.5 Å². The van der Waals surface area contributed by atoms with Gasteiger partial charge in [0, 0.05) is 19.0 Å². The van der Waals surface area contributed by atoms with Crippen LogP contribution in [0.4, 0.5) is 14.5 Å². The molecule has 0 aliphatic heterocycles. The first kappa shape index (κ1) is 16.9. The summed E-state index contributed by atoms with van der Waals surface area (Å²) in [6, 6.07) is 2.22. The number of hydrogen-bond acceptors (Lipinski definition) is 3. The smallest absolute Gasteiger partial charge is 0.305 e. The molecule has 1 rings (SSSR count). The fourth-order valence-electron chi connectivity index (χ4n) is 1.69. The van der Waals surface area contributed by atoms with E-state index in [0.717, 1.165) is 31.4 Å². The maximum absolute atomic E-state index is 13.5. The van der Waals surface area contributed by atoms with Gasteiger partial charge in [-0.3, -0.25) is 4.79 Å². The van der Waals surface area contributed by atoms with E-state index in [4.69, 9.17) is 4.74 Å². The lowest BCUT2D eigenvalue weighted by atomic mass is 10.2. The van der Waals surface area contributed by atoms with Crippen molar-refractivity contribution in [2.24, 2.45) is 0 Å². The van der Waals surface area contributed by atoms with Crippen LogP contribution in [0.5, 0.6) is 0 Å². The molecule has 3 nitrogen and oxygen atoms in total. The van der Waals surface area contributed by atoms with Crippen LogP contribution in [0.15, 0.2) is 16.6 Å². The molecule has 0 fully saturated rings. The van der Waals surface area contributed by atoms with Gasteiger partial charge in [-0.05, 0) is 41.8 Å². The molecular formula is C14H18BrF2NO2. The van der Waals surface area contributed by atoms with Crippen molar-refractivity contribution in [1.82, 2.24) is 0 Å². The molecule has 0 bridgehead atoms. The molecule has 0 saturated heterocycles. The molecule has 1 N–H and O–H groups in total. The Kier molecular flexibility index (Phi) is 7.51. The zero-order valence-electron chi connectivity index (χ0n) is 11.3. The van der Waals surface area contributed by atoms with E-state index >= 15 is 0 Å². The second-order valence-electron chi connectivity index (χ2n) is 4.29. The summed E-state index contributed by atoms with van der Waals surface area (Å²) in [6.07, 6.45) is 2.73. The van der Waals surface area contributed by atoms with Gasteiger partial charge in [-0.25, -0.2) is 8.78 Å². The van der Waals surface area contributed by atoms with E-state index in [1.54, 1.807) is 6.92 Å². The molecule has 6 heteroatoms. The maximum Gasteiger partial charge on any atom is 0.305 e. The second-order valence-corrected chi connectivity index (χ2v) is 5.14. The highest BCUT2D eigenvalue weighted by molar-refractivity contribution is 9.10. The fourth-order valence-corrected chi connectivity index (χ4v) is 2.00. The van der Waals surface area contributed by atoms with Crippen molar-refractivity contribution in [1.29, 1.82) is 0 Å². The second kappa shape index (κ2) is 8.89. The first-order valence-corrected chi connectivity index (χ1v) is 7.38. The van der Waals surface area contributed by atoms with Crippen molar-refractivity contribution >= 4 is 27.6 Å². The third kappa shape index (κ3) is 5.86. The summed E-state index contributed by atoms with van der Waals surface area (Å²) in [5.74, 6) is -1.19. The fraction of sp³-hybridized carbons (Fsp3) is 0.500. The molecule has 0 radical (unpaired) electrons. The Labute approximate surface area is 125 Å². The lowest BCUT2D eigenvalue weighted by Gasteiger charge is -2.08. The summed E-state index contributed by atoms with van der Waals surface area (Å²) in [7, 11) is 0. The highest BCUT2D eigenvalue weighted by Gasteiger charge is 2.07. The predicted octanol–water partition coefficient (Wildman–Crippen LogP) is 4.26. The van der Waals surface area contributed by atoms with E-state index < -0.39 is 11.6 Å². The number of esters is 1. The summed E-state index contributed by atoms with van der Waals surface area (Å²) in [5, 5.41) is 2.84. The maximum atomic E-state index is 13.5. The van der Waals surface area contributed by atoms with Gasteiger partial charge in [0.15, 0.2) is 0 Å². The van der Waals surface area contributed by atoms with Crippen LogP contribution in [0.1, 0.15) is 32.6 Å². The Morgan fingerprint density at radius 1 is 1.25 bits per heavy atom. The number of benzene rings is 1. The van der Waals surface area contributed by atoms with E-state index in [-0.39, 0.29) is 16.1 Å². The highest BCUT2D eigenvalue weighted by atomic mass is 79.9. The molecule has 1 aromatic rings. The molecule has 0 amide bonds. The van der Waals surface area contributed by atoms with Gasteiger partial charge in [0.05, 0.1) is 16.8 Å². The average Bonchev–Trinajstić information content (AvgIpc) is 2.39. The summed E-state index contributed by atoms with van der Waals surface area (Å²) in [6.45, 7) is 2.70. The largest absolute Gasteiger partial charge is 0.466 e. The first-order valence-electron chi connectivity index (χ1n) is 6.58. The monoisotopic (exact) mass is 349 g/mol. The number of rotatable bonds is 8. The molecule has 0 saturated carbocycles. The topological polar surface area (TPSA) is 38.3 Å². The van der Waals surface area contributed by atoms with E-state index in [2.05, 4.69) is 21.2 Å². The van der Waals surface area contributed by atoms with E-state index in [0.29, 0.717) is 19.6 Å². The van der Waals surface area contributed by atoms with Crippen molar-refractivity contribution in [3.8, 4) is 0 Å². The quantitative estimate of drug-likeness (QED) is 0.432. The Morgan fingerprint density at radius 3 is 2.70 bits per heavy atom. The van der Waals surface area contributed by atoms with Gasteiger partial charge in [-0.15, -0.1) is 0 Å². The third-order valence-electron chi connectivity index (χ3n) is 2.69. The molecule has 1 aromatic carbocycles. The Morgan fingerprint density at radius 2 is 2.00 bits per heavy atom. The minimum absolute atomic E-state index is 0.106. The third-order valence-corrected chi connectivity index (χ3v) is 3.30. The number of nitrogens with one attached hydrogen (secondary N) is 1. The van der Waals surface area contributed by atoms with Crippen molar-refractivity contribution in [2.45, 2.75) is 32.6 Å². The molecule has 0 atom stereocenters. The van der Waals surface area contributed by atoms with Crippen LogP contribution in [-0.4, -0.2) is 19.1 Å². The van der Waals surface area contributed by atoms with Crippen molar-refractivity contribution in [3.05, 3.63) is 28.2 Å². The summed E-state index contributed by atoms with van der Waals surface area (Å²) < 4.78 is 31.6. The molecular weight excluding hydrogens is 332 g/mol. The standard InChI is InChI=1S/C14H18BrF2NO2/c1-2-20-14(19)6-4-3-5-7-18-13-9-11(16)10(15)8-12(13)17/h8-9,18H,2-7H2,1H3. The van der Waals surface area contributed by atoms with Crippen LogP contribution in [0, 0.1) is 11.6 Å². The van der Waals surface area contributed by atoms with Gasteiger partial charge in [-0.1, -0.05) is 6.42 Å². The number of unbranched alkanes of at least 4 members (excludes halogenated alkanes) is 2. The van der Waals surface area contributed by atoms with E-state index in [1.165, 1.54) is 0 Å². The Hall–Kier alpha value is -1.17. The zero-order chi connectivity index (χ0) is 15.0. The van der Waals surface area contributed by atoms with Crippen LogP contribution >= 0.6 is 15.9 Å². The Balaban J connectivity index is 2.22. The Bertz CT molecular complexity index is 455. The van der Waals surface area contributed by atoms with Gasteiger partial charge in [0.2, 0.25) is 0 Å². The number of carbonyl (C=O) groups is 1. The molecule has 112 valence electrons. The van der Waals surface area contributed by atoms with Crippen LogP contribution in [0.25, 0.3) is 0 Å². The van der Waals surface area contributed by atoms with Crippen LogP contribution in [0.2, 0.25) is 0 Å². The van der Waals surface area contributed by atoms with Gasteiger partial charge >= 0.3 is 5.97 Å². The van der Waals surface area contributed by atoms with Crippen LogP contribution < -0.4 is 5.32 Å². The minimum Gasteiger partial charge on any atom is -0.466 e. The van der Waals surface area contributed by atoms with E-state index in [9.17, 15) is 13.6 Å². The number of carbonyl (C=O) groups excluding carboxylic acids is 1. The summed E-state index contributed by atoms with van der Waals surface area (Å²) >= 11 is 2.92. The number of halogens is 3. The first-order chi connectivity index (χ1) is 9.54. The van der Waals surface area contributed by atoms with Gasteiger partial charge in [0.25, 0.3) is 0 Å².